The molecule has 4 heteroatoms. The van der Waals surface area contributed by atoms with Gasteiger partial charge in [0, 0.05) is 6.61 Å². The molecule has 1 saturated heterocycles. The van der Waals surface area contributed by atoms with Crippen LogP contribution in [0.1, 0.15) is 54.4 Å². The van der Waals surface area contributed by atoms with Gasteiger partial charge in [0.2, 0.25) is 5.91 Å². The van der Waals surface area contributed by atoms with E-state index in [1.807, 2.05) is 25.7 Å². The molecule has 0 aromatic heterocycles. The van der Waals surface area contributed by atoms with Crippen molar-refractivity contribution < 1.29 is 9.53 Å². The Morgan fingerprint density at radius 2 is 2.00 bits per heavy atom. The molecule has 1 fully saturated rings. The molecule has 0 saturated carbocycles. The Hall–Kier alpha value is -0.610. The van der Waals surface area contributed by atoms with Gasteiger partial charge in [-0.05, 0) is 33.1 Å². The minimum Gasteiger partial charge on any atom is -0.374 e. The Morgan fingerprint density at radius 1 is 1.37 bits per heavy atom. The maximum atomic E-state index is 12.5. The molecule has 19 heavy (non-hydrogen) atoms. The standard InChI is InChI=1S/C15H30N2O2/c1-7-9-12-14(18)17(13(16-12)11(3)4)10-15(5,6)19-8-2/h11-13,16H,7-10H2,1-6H3. The predicted molar refractivity (Wildman–Crippen MR) is 77.9 cm³/mol. The molecular formula is C15H30N2O2. The van der Waals surface area contributed by atoms with Crippen LogP contribution in [0.2, 0.25) is 0 Å². The van der Waals surface area contributed by atoms with Gasteiger partial charge in [-0.15, -0.1) is 0 Å². The zero-order chi connectivity index (χ0) is 14.6. The van der Waals surface area contributed by atoms with Crippen LogP contribution in [0.5, 0.6) is 0 Å². The molecule has 0 spiro atoms. The van der Waals surface area contributed by atoms with Gasteiger partial charge in [-0.25, -0.2) is 0 Å². The molecule has 112 valence electrons. The van der Waals surface area contributed by atoms with E-state index in [0.29, 0.717) is 19.1 Å². The Kier molecular flexibility index (Phi) is 5.81. The van der Waals surface area contributed by atoms with Crippen LogP contribution in [-0.4, -0.2) is 41.8 Å². The first-order valence-electron chi connectivity index (χ1n) is 7.53. The van der Waals surface area contributed by atoms with E-state index in [2.05, 4.69) is 26.1 Å². The first-order chi connectivity index (χ1) is 8.82. The fraction of sp³-hybridized carbons (Fsp3) is 0.933. The summed E-state index contributed by atoms with van der Waals surface area (Å²) in [6.45, 7) is 13.8. The highest BCUT2D eigenvalue weighted by Crippen LogP contribution is 2.23. The van der Waals surface area contributed by atoms with E-state index in [9.17, 15) is 4.79 Å². The zero-order valence-corrected chi connectivity index (χ0v) is 13.3. The van der Waals surface area contributed by atoms with Crippen molar-refractivity contribution in [2.75, 3.05) is 13.2 Å². The van der Waals surface area contributed by atoms with Crippen molar-refractivity contribution in [2.24, 2.45) is 5.92 Å². The molecule has 1 rings (SSSR count). The molecule has 1 N–H and O–H groups in total. The summed E-state index contributed by atoms with van der Waals surface area (Å²) < 4.78 is 5.74. The molecule has 0 aliphatic carbocycles. The lowest BCUT2D eigenvalue weighted by Crippen LogP contribution is -2.48. The average molecular weight is 270 g/mol. The van der Waals surface area contributed by atoms with Crippen LogP contribution in [0.3, 0.4) is 0 Å². The van der Waals surface area contributed by atoms with Gasteiger partial charge in [-0.1, -0.05) is 27.2 Å². The topological polar surface area (TPSA) is 41.6 Å². The number of nitrogens with zero attached hydrogens (tertiary/aromatic N) is 1. The van der Waals surface area contributed by atoms with Crippen LogP contribution in [0, 0.1) is 5.92 Å². The SMILES string of the molecule is CCCC1NC(C(C)C)N(CC(C)(C)OCC)C1=O. The third-order valence-electron chi connectivity index (χ3n) is 3.58. The monoisotopic (exact) mass is 270 g/mol. The number of hydrogen-bond acceptors (Lipinski definition) is 3. The van der Waals surface area contributed by atoms with E-state index in [0.717, 1.165) is 12.8 Å². The van der Waals surface area contributed by atoms with E-state index in [1.54, 1.807) is 0 Å². The van der Waals surface area contributed by atoms with Crippen molar-refractivity contribution in [1.29, 1.82) is 0 Å². The van der Waals surface area contributed by atoms with Crippen LogP contribution in [0.15, 0.2) is 0 Å². The van der Waals surface area contributed by atoms with Crippen molar-refractivity contribution in [3.63, 3.8) is 0 Å². The number of carbonyl (C=O) groups excluding carboxylic acids is 1. The van der Waals surface area contributed by atoms with E-state index >= 15 is 0 Å². The second-order valence-electron chi connectivity index (χ2n) is 6.36. The fourth-order valence-corrected chi connectivity index (χ4v) is 2.78. The third kappa shape index (κ3) is 4.18. The van der Waals surface area contributed by atoms with Crippen molar-refractivity contribution in [3.05, 3.63) is 0 Å². The molecule has 0 radical (unpaired) electrons. The molecule has 1 aliphatic rings. The summed E-state index contributed by atoms with van der Waals surface area (Å²) in [5, 5.41) is 3.48. The van der Waals surface area contributed by atoms with Gasteiger partial charge in [0.05, 0.1) is 24.4 Å². The van der Waals surface area contributed by atoms with E-state index in [4.69, 9.17) is 4.74 Å². The van der Waals surface area contributed by atoms with Crippen LogP contribution >= 0.6 is 0 Å². The van der Waals surface area contributed by atoms with Crippen molar-refractivity contribution in [2.45, 2.75) is 72.2 Å². The maximum Gasteiger partial charge on any atom is 0.241 e. The number of ether oxygens (including phenoxy) is 1. The summed E-state index contributed by atoms with van der Waals surface area (Å²) in [6.07, 6.45) is 2.06. The van der Waals surface area contributed by atoms with Gasteiger partial charge in [0.25, 0.3) is 0 Å². The highest BCUT2D eigenvalue weighted by atomic mass is 16.5. The average Bonchev–Trinajstić information content (AvgIpc) is 2.58. The first kappa shape index (κ1) is 16.4. The second kappa shape index (κ2) is 6.71. The van der Waals surface area contributed by atoms with Crippen LogP contribution in [-0.2, 0) is 9.53 Å². The van der Waals surface area contributed by atoms with Gasteiger partial charge in [-0.3, -0.25) is 10.1 Å². The maximum absolute atomic E-state index is 12.5. The molecule has 1 heterocycles. The van der Waals surface area contributed by atoms with Crippen LogP contribution in [0.25, 0.3) is 0 Å². The Labute approximate surface area is 117 Å². The zero-order valence-electron chi connectivity index (χ0n) is 13.3. The smallest absolute Gasteiger partial charge is 0.241 e. The molecule has 0 aromatic carbocycles. The highest BCUT2D eigenvalue weighted by Gasteiger charge is 2.41. The molecule has 1 aliphatic heterocycles. The van der Waals surface area contributed by atoms with E-state index in [1.165, 1.54) is 0 Å². The molecule has 0 aromatic rings. The van der Waals surface area contributed by atoms with E-state index < -0.39 is 0 Å². The number of rotatable bonds is 7. The molecular weight excluding hydrogens is 240 g/mol. The molecule has 4 nitrogen and oxygen atoms in total. The van der Waals surface area contributed by atoms with Crippen LogP contribution < -0.4 is 5.32 Å². The fourth-order valence-electron chi connectivity index (χ4n) is 2.78. The number of hydrogen-bond donors (Lipinski definition) is 1. The third-order valence-corrected chi connectivity index (χ3v) is 3.58. The van der Waals surface area contributed by atoms with Gasteiger partial charge in [0.1, 0.15) is 0 Å². The number of amides is 1. The van der Waals surface area contributed by atoms with Gasteiger partial charge >= 0.3 is 0 Å². The minimum atomic E-state index is -0.291. The van der Waals surface area contributed by atoms with Crippen molar-refractivity contribution >= 4 is 5.91 Å². The Morgan fingerprint density at radius 3 is 2.47 bits per heavy atom. The highest BCUT2D eigenvalue weighted by molar-refractivity contribution is 5.84. The molecule has 1 amide bonds. The lowest BCUT2D eigenvalue weighted by molar-refractivity contribution is -0.135. The van der Waals surface area contributed by atoms with Crippen LogP contribution in [0.4, 0.5) is 0 Å². The lowest BCUT2D eigenvalue weighted by Gasteiger charge is -2.34. The summed E-state index contributed by atoms with van der Waals surface area (Å²) in [4.78, 5) is 14.5. The molecule has 2 atom stereocenters. The first-order valence-corrected chi connectivity index (χ1v) is 7.53. The summed E-state index contributed by atoms with van der Waals surface area (Å²) in [7, 11) is 0. The predicted octanol–water partition coefficient (Wildman–Crippen LogP) is 2.38. The normalized spacial score (nSPS) is 24.6. The summed E-state index contributed by atoms with van der Waals surface area (Å²) in [5.41, 5.74) is -0.291. The van der Waals surface area contributed by atoms with Crippen molar-refractivity contribution in [3.8, 4) is 0 Å². The van der Waals surface area contributed by atoms with Crippen molar-refractivity contribution in [1.82, 2.24) is 10.2 Å². The molecule has 0 bridgehead atoms. The van der Waals surface area contributed by atoms with Gasteiger partial charge in [-0.2, -0.15) is 0 Å². The van der Waals surface area contributed by atoms with Gasteiger partial charge in [0.15, 0.2) is 0 Å². The Balaban J connectivity index is 2.79. The van der Waals surface area contributed by atoms with E-state index in [-0.39, 0.29) is 23.7 Å². The number of carbonyl (C=O) groups is 1. The lowest BCUT2D eigenvalue weighted by atomic mass is 10.1. The number of nitrogens with one attached hydrogen (secondary N) is 1. The Bertz CT molecular complexity index is 303. The molecule has 2 unspecified atom stereocenters. The summed E-state index contributed by atoms with van der Waals surface area (Å²) in [6, 6.07) is -0.0187. The quantitative estimate of drug-likeness (QED) is 0.772. The summed E-state index contributed by atoms with van der Waals surface area (Å²) >= 11 is 0. The second-order valence-corrected chi connectivity index (χ2v) is 6.36. The summed E-state index contributed by atoms with van der Waals surface area (Å²) in [5.74, 6) is 0.636. The minimum absolute atomic E-state index is 0.0187. The van der Waals surface area contributed by atoms with Gasteiger partial charge < -0.3 is 9.64 Å². The largest absolute Gasteiger partial charge is 0.374 e.